The lowest BCUT2D eigenvalue weighted by molar-refractivity contribution is -0.140. The Labute approximate surface area is 97.1 Å². The summed E-state index contributed by atoms with van der Waals surface area (Å²) in [5.74, 6) is -7.86. The summed E-state index contributed by atoms with van der Waals surface area (Å²) in [6.07, 6.45) is -0.829. The van der Waals surface area contributed by atoms with Crippen LogP contribution in [0.25, 0.3) is 0 Å². The Morgan fingerprint density at radius 1 is 1.41 bits per heavy atom. The fourth-order valence-electron chi connectivity index (χ4n) is 1.49. The molecule has 0 heterocycles. The van der Waals surface area contributed by atoms with Crippen molar-refractivity contribution < 1.29 is 28.2 Å². The maximum absolute atomic E-state index is 12.9. The van der Waals surface area contributed by atoms with Crippen LogP contribution in [0, 0.1) is 11.8 Å². The van der Waals surface area contributed by atoms with Crippen molar-refractivity contribution in [2.45, 2.75) is 32.3 Å². The van der Waals surface area contributed by atoms with Crippen LogP contribution in [0.1, 0.15) is 20.8 Å². The van der Waals surface area contributed by atoms with Crippen LogP contribution in [0.2, 0.25) is 0 Å². The van der Waals surface area contributed by atoms with Crippen molar-refractivity contribution in [1.82, 2.24) is 5.32 Å². The average molecular weight is 251 g/mol. The van der Waals surface area contributed by atoms with Gasteiger partial charge in [-0.1, -0.05) is 0 Å². The molecule has 0 aromatic heterocycles. The molecule has 1 aliphatic carbocycles. The summed E-state index contributed by atoms with van der Waals surface area (Å²) < 4.78 is 30.7. The molecular weight excluding hydrogens is 236 g/mol. The lowest BCUT2D eigenvalue weighted by Crippen LogP contribution is -2.34. The lowest BCUT2D eigenvalue weighted by atomic mass is 10.2. The number of carbonyl (C=O) groups is 2. The van der Waals surface area contributed by atoms with Crippen molar-refractivity contribution in [2.24, 2.45) is 11.8 Å². The Hall–Kier alpha value is -1.40. The Morgan fingerprint density at radius 3 is 2.29 bits per heavy atom. The lowest BCUT2D eigenvalue weighted by Gasteiger charge is -2.19. The molecule has 1 amide bonds. The Morgan fingerprint density at radius 2 is 1.94 bits per heavy atom. The Balaban J connectivity index is 2.39. The molecule has 0 aromatic carbocycles. The standard InChI is InChI=1S/C10H15F2NO4/c1-9(2,3)17-8(16)13-4-5-6(7(14)15)10(5,11)12/h5-6H,4H2,1-3H3,(H,13,16)(H,14,15)/t5-,6+/m1/s1. The molecule has 0 bridgehead atoms. The number of aliphatic carboxylic acids is 1. The molecular formula is C10H15F2NO4. The quantitative estimate of drug-likeness (QED) is 0.796. The molecule has 1 rings (SSSR count). The highest BCUT2D eigenvalue weighted by molar-refractivity contribution is 5.76. The zero-order chi connectivity index (χ0) is 13.4. The maximum Gasteiger partial charge on any atom is 0.407 e. The minimum atomic E-state index is -3.25. The van der Waals surface area contributed by atoms with Gasteiger partial charge < -0.3 is 15.2 Å². The van der Waals surface area contributed by atoms with E-state index >= 15 is 0 Å². The van der Waals surface area contributed by atoms with Crippen LogP contribution in [0.15, 0.2) is 0 Å². The van der Waals surface area contributed by atoms with Gasteiger partial charge in [-0.05, 0) is 20.8 Å². The van der Waals surface area contributed by atoms with E-state index in [-0.39, 0.29) is 0 Å². The fraction of sp³-hybridized carbons (Fsp3) is 0.800. The summed E-state index contributed by atoms with van der Waals surface area (Å²) in [6, 6.07) is 0. The minimum absolute atomic E-state index is 0.404. The van der Waals surface area contributed by atoms with Crippen LogP contribution in [0.3, 0.4) is 0 Å². The Bertz CT molecular complexity index is 338. The predicted octanol–water partition coefficient (Wildman–Crippen LogP) is 1.48. The van der Waals surface area contributed by atoms with Crippen molar-refractivity contribution in [3.8, 4) is 0 Å². The van der Waals surface area contributed by atoms with Gasteiger partial charge in [0.2, 0.25) is 0 Å². The van der Waals surface area contributed by atoms with Crippen molar-refractivity contribution in [3.05, 3.63) is 0 Å². The topological polar surface area (TPSA) is 75.6 Å². The first-order chi connectivity index (χ1) is 7.55. The van der Waals surface area contributed by atoms with Gasteiger partial charge in [-0.2, -0.15) is 0 Å². The minimum Gasteiger partial charge on any atom is -0.481 e. The van der Waals surface area contributed by atoms with Crippen LogP contribution in [0.5, 0.6) is 0 Å². The number of carboxylic acids is 1. The zero-order valence-electron chi connectivity index (χ0n) is 9.79. The third kappa shape index (κ3) is 3.28. The zero-order valence-corrected chi connectivity index (χ0v) is 9.79. The summed E-state index contributed by atoms with van der Waals surface area (Å²) in [5.41, 5.74) is -0.720. The monoisotopic (exact) mass is 251 g/mol. The average Bonchev–Trinajstić information content (AvgIpc) is 2.61. The molecule has 0 aromatic rings. The van der Waals surface area contributed by atoms with E-state index in [1.165, 1.54) is 0 Å². The van der Waals surface area contributed by atoms with Gasteiger partial charge in [0, 0.05) is 6.54 Å². The molecule has 1 aliphatic rings. The molecule has 0 aliphatic heterocycles. The number of hydrogen-bond donors (Lipinski definition) is 2. The van der Waals surface area contributed by atoms with Crippen LogP contribution in [-0.4, -0.2) is 35.2 Å². The SMILES string of the molecule is CC(C)(C)OC(=O)NC[C@@H]1[C@@H](C(=O)O)C1(F)F. The van der Waals surface area contributed by atoms with Gasteiger partial charge in [0.05, 0.1) is 5.92 Å². The molecule has 17 heavy (non-hydrogen) atoms. The smallest absolute Gasteiger partial charge is 0.407 e. The number of alkyl halides is 2. The largest absolute Gasteiger partial charge is 0.481 e. The van der Waals surface area contributed by atoms with E-state index in [2.05, 4.69) is 5.32 Å². The molecule has 1 saturated carbocycles. The molecule has 5 nitrogen and oxygen atoms in total. The summed E-state index contributed by atoms with van der Waals surface area (Å²) >= 11 is 0. The van der Waals surface area contributed by atoms with Crippen molar-refractivity contribution in [1.29, 1.82) is 0 Å². The van der Waals surface area contributed by atoms with Gasteiger partial charge in [-0.3, -0.25) is 4.79 Å². The fourth-order valence-corrected chi connectivity index (χ4v) is 1.49. The number of carbonyl (C=O) groups excluding carboxylic acids is 1. The van der Waals surface area contributed by atoms with E-state index in [0.717, 1.165) is 0 Å². The first-order valence-corrected chi connectivity index (χ1v) is 5.13. The molecule has 0 unspecified atom stereocenters. The van der Waals surface area contributed by atoms with E-state index in [9.17, 15) is 18.4 Å². The van der Waals surface area contributed by atoms with Crippen LogP contribution in [-0.2, 0) is 9.53 Å². The molecule has 0 radical (unpaired) electrons. The third-order valence-electron chi connectivity index (χ3n) is 2.33. The number of hydrogen-bond acceptors (Lipinski definition) is 3. The van der Waals surface area contributed by atoms with Gasteiger partial charge in [-0.25, -0.2) is 13.6 Å². The summed E-state index contributed by atoms with van der Waals surface area (Å²) in [6.45, 7) is 4.51. The van der Waals surface area contributed by atoms with E-state index in [1.54, 1.807) is 20.8 Å². The summed E-state index contributed by atoms with van der Waals surface area (Å²) in [5, 5.41) is 10.6. The molecule has 1 fully saturated rings. The van der Waals surface area contributed by atoms with E-state index < -0.39 is 42.0 Å². The maximum atomic E-state index is 12.9. The van der Waals surface area contributed by atoms with Gasteiger partial charge in [-0.15, -0.1) is 0 Å². The second kappa shape index (κ2) is 4.12. The number of halogens is 2. The summed E-state index contributed by atoms with van der Waals surface area (Å²) in [7, 11) is 0. The Kier molecular flexibility index (Phi) is 3.31. The van der Waals surface area contributed by atoms with Gasteiger partial charge in [0.1, 0.15) is 11.5 Å². The van der Waals surface area contributed by atoms with E-state index in [0.29, 0.717) is 0 Å². The second-order valence-corrected chi connectivity index (χ2v) is 4.98. The van der Waals surface area contributed by atoms with E-state index in [1.807, 2.05) is 0 Å². The summed E-state index contributed by atoms with van der Waals surface area (Å²) in [4.78, 5) is 21.6. The van der Waals surface area contributed by atoms with E-state index in [4.69, 9.17) is 9.84 Å². The second-order valence-electron chi connectivity index (χ2n) is 4.98. The van der Waals surface area contributed by atoms with Gasteiger partial charge in [0.25, 0.3) is 5.92 Å². The van der Waals surface area contributed by atoms with Gasteiger partial charge in [0.15, 0.2) is 0 Å². The van der Waals surface area contributed by atoms with Crippen LogP contribution >= 0.6 is 0 Å². The molecule has 0 saturated heterocycles. The molecule has 2 atom stereocenters. The first kappa shape index (κ1) is 13.7. The first-order valence-electron chi connectivity index (χ1n) is 5.13. The number of rotatable bonds is 3. The number of nitrogens with one attached hydrogen (secondary N) is 1. The molecule has 7 heteroatoms. The van der Waals surface area contributed by atoms with Gasteiger partial charge >= 0.3 is 12.1 Å². The number of ether oxygens (including phenoxy) is 1. The number of amides is 1. The highest BCUT2D eigenvalue weighted by Crippen LogP contribution is 2.54. The molecule has 0 spiro atoms. The van der Waals surface area contributed by atoms with Crippen LogP contribution < -0.4 is 5.32 Å². The third-order valence-corrected chi connectivity index (χ3v) is 2.33. The normalized spacial score (nSPS) is 26.2. The highest BCUT2D eigenvalue weighted by Gasteiger charge is 2.72. The molecule has 2 N–H and O–H groups in total. The van der Waals surface area contributed by atoms with Crippen molar-refractivity contribution in [2.75, 3.05) is 6.54 Å². The van der Waals surface area contributed by atoms with Crippen molar-refractivity contribution in [3.63, 3.8) is 0 Å². The molecule has 98 valence electrons. The highest BCUT2D eigenvalue weighted by atomic mass is 19.3. The predicted molar refractivity (Wildman–Crippen MR) is 53.8 cm³/mol. The van der Waals surface area contributed by atoms with Crippen molar-refractivity contribution >= 4 is 12.1 Å². The number of alkyl carbamates (subject to hydrolysis) is 1. The number of carboxylic acid groups (broad SMARTS) is 1. The van der Waals surface area contributed by atoms with Crippen LogP contribution in [0.4, 0.5) is 13.6 Å².